The zero-order valence-corrected chi connectivity index (χ0v) is 12.9. The van der Waals surface area contributed by atoms with Gasteiger partial charge in [-0.05, 0) is 37.8 Å². The smallest absolute Gasteiger partial charge is 0.279 e. The number of pyridine rings is 1. The Labute approximate surface area is 126 Å². The molecule has 0 aliphatic carbocycles. The fraction of sp³-hybridized carbons (Fsp3) is 0.643. The molecule has 3 heterocycles. The second-order valence-corrected chi connectivity index (χ2v) is 7.40. The highest BCUT2D eigenvalue weighted by Crippen LogP contribution is 2.19. The van der Waals surface area contributed by atoms with Crippen molar-refractivity contribution in [3.63, 3.8) is 0 Å². The number of hydrogen-bond acceptors (Lipinski definition) is 4. The van der Waals surface area contributed by atoms with Gasteiger partial charge >= 0.3 is 0 Å². The Kier molecular flexibility index (Phi) is 4.42. The van der Waals surface area contributed by atoms with Crippen LogP contribution in [-0.4, -0.2) is 49.9 Å². The SMILES string of the molecule is O=S(=O)(N[C@@H]1CCCN(c2ccccn2)C1)N1CCCC1. The molecule has 1 atom stereocenters. The van der Waals surface area contributed by atoms with E-state index in [-0.39, 0.29) is 6.04 Å². The molecule has 21 heavy (non-hydrogen) atoms. The Balaban J connectivity index is 1.64. The molecule has 116 valence electrons. The highest BCUT2D eigenvalue weighted by molar-refractivity contribution is 7.87. The van der Waals surface area contributed by atoms with Crippen LogP contribution < -0.4 is 9.62 Å². The number of anilines is 1. The predicted octanol–water partition coefficient (Wildman–Crippen LogP) is 0.981. The van der Waals surface area contributed by atoms with Gasteiger partial charge in [0.25, 0.3) is 10.2 Å². The van der Waals surface area contributed by atoms with Gasteiger partial charge in [-0.1, -0.05) is 6.07 Å². The van der Waals surface area contributed by atoms with Gasteiger partial charge in [0, 0.05) is 38.4 Å². The maximum Gasteiger partial charge on any atom is 0.279 e. The van der Waals surface area contributed by atoms with Crippen LogP contribution in [0, 0.1) is 0 Å². The molecule has 2 saturated heterocycles. The van der Waals surface area contributed by atoms with Crippen LogP contribution in [0.3, 0.4) is 0 Å². The van der Waals surface area contributed by atoms with Crippen LogP contribution in [0.4, 0.5) is 5.82 Å². The zero-order valence-electron chi connectivity index (χ0n) is 12.1. The molecule has 1 aromatic rings. The first-order valence-corrected chi connectivity index (χ1v) is 9.02. The molecule has 0 radical (unpaired) electrons. The lowest BCUT2D eigenvalue weighted by atomic mass is 10.1. The van der Waals surface area contributed by atoms with E-state index in [0.717, 1.165) is 38.0 Å². The standard InChI is InChI=1S/C14H22N4O2S/c19-21(20,18-10-3-4-11-18)16-13-6-5-9-17(12-13)14-7-1-2-8-15-14/h1-2,7-8,13,16H,3-6,9-12H2/t13-/m1/s1. The highest BCUT2D eigenvalue weighted by Gasteiger charge is 2.30. The molecule has 0 saturated carbocycles. The Morgan fingerprint density at radius 2 is 1.95 bits per heavy atom. The summed E-state index contributed by atoms with van der Waals surface area (Å²) in [6.45, 7) is 2.90. The molecule has 1 aromatic heterocycles. The van der Waals surface area contributed by atoms with Gasteiger partial charge in [-0.15, -0.1) is 0 Å². The van der Waals surface area contributed by atoms with Gasteiger partial charge in [-0.2, -0.15) is 17.4 Å². The molecular weight excluding hydrogens is 288 g/mol. The minimum atomic E-state index is -3.33. The molecule has 0 spiro atoms. The second kappa shape index (κ2) is 6.29. The Bertz CT molecular complexity index is 558. The van der Waals surface area contributed by atoms with Crippen LogP contribution in [0.2, 0.25) is 0 Å². The Morgan fingerprint density at radius 1 is 1.14 bits per heavy atom. The number of piperidine rings is 1. The topological polar surface area (TPSA) is 65.5 Å². The highest BCUT2D eigenvalue weighted by atomic mass is 32.2. The van der Waals surface area contributed by atoms with E-state index in [2.05, 4.69) is 14.6 Å². The number of nitrogens with zero attached hydrogens (tertiary/aromatic N) is 3. The lowest BCUT2D eigenvalue weighted by molar-refractivity contribution is 0.424. The predicted molar refractivity (Wildman–Crippen MR) is 82.3 cm³/mol. The Morgan fingerprint density at radius 3 is 2.67 bits per heavy atom. The summed E-state index contributed by atoms with van der Waals surface area (Å²) >= 11 is 0. The molecule has 7 heteroatoms. The molecular formula is C14H22N4O2S. The zero-order chi connectivity index (χ0) is 14.7. The van der Waals surface area contributed by atoms with Crippen molar-refractivity contribution in [1.82, 2.24) is 14.0 Å². The lowest BCUT2D eigenvalue weighted by Gasteiger charge is -2.34. The third-order valence-electron chi connectivity index (χ3n) is 4.12. The fourth-order valence-electron chi connectivity index (χ4n) is 3.04. The van der Waals surface area contributed by atoms with Crippen molar-refractivity contribution >= 4 is 16.0 Å². The van der Waals surface area contributed by atoms with E-state index in [1.54, 1.807) is 10.5 Å². The summed E-state index contributed by atoms with van der Waals surface area (Å²) in [7, 11) is -3.33. The van der Waals surface area contributed by atoms with E-state index in [0.29, 0.717) is 19.6 Å². The summed E-state index contributed by atoms with van der Waals surface area (Å²) in [5.74, 6) is 0.919. The van der Waals surface area contributed by atoms with E-state index in [1.165, 1.54) is 0 Å². The van der Waals surface area contributed by atoms with Gasteiger partial charge in [0.15, 0.2) is 0 Å². The van der Waals surface area contributed by atoms with Crippen molar-refractivity contribution in [1.29, 1.82) is 0 Å². The first-order chi connectivity index (χ1) is 10.1. The third kappa shape index (κ3) is 3.53. The van der Waals surface area contributed by atoms with E-state index < -0.39 is 10.2 Å². The number of aromatic nitrogens is 1. The average molecular weight is 310 g/mol. The minimum Gasteiger partial charge on any atom is -0.355 e. The summed E-state index contributed by atoms with van der Waals surface area (Å²) in [4.78, 5) is 6.50. The summed E-state index contributed by atoms with van der Waals surface area (Å²) in [5.41, 5.74) is 0. The first-order valence-electron chi connectivity index (χ1n) is 7.58. The number of nitrogens with one attached hydrogen (secondary N) is 1. The van der Waals surface area contributed by atoms with Crippen molar-refractivity contribution in [3.05, 3.63) is 24.4 Å². The summed E-state index contributed by atoms with van der Waals surface area (Å²) in [5, 5.41) is 0. The van der Waals surface area contributed by atoms with E-state index in [9.17, 15) is 8.42 Å². The molecule has 0 amide bonds. The van der Waals surface area contributed by atoms with Gasteiger partial charge in [-0.3, -0.25) is 0 Å². The van der Waals surface area contributed by atoms with Crippen LogP contribution in [-0.2, 0) is 10.2 Å². The largest absolute Gasteiger partial charge is 0.355 e. The normalized spacial score (nSPS) is 24.4. The Hall–Kier alpha value is -1.18. The minimum absolute atomic E-state index is 0.0358. The summed E-state index contributed by atoms with van der Waals surface area (Å²) in [6, 6.07) is 5.78. The molecule has 0 aromatic carbocycles. The van der Waals surface area contributed by atoms with Gasteiger partial charge in [-0.25, -0.2) is 4.98 Å². The molecule has 6 nitrogen and oxygen atoms in total. The third-order valence-corrected chi connectivity index (χ3v) is 5.79. The average Bonchev–Trinajstić information content (AvgIpc) is 3.03. The number of rotatable bonds is 4. The molecule has 2 fully saturated rings. The van der Waals surface area contributed by atoms with Gasteiger partial charge in [0.1, 0.15) is 5.82 Å². The summed E-state index contributed by atoms with van der Waals surface area (Å²) in [6.07, 6.45) is 5.56. The van der Waals surface area contributed by atoms with E-state index >= 15 is 0 Å². The van der Waals surface area contributed by atoms with Crippen molar-refractivity contribution < 1.29 is 8.42 Å². The molecule has 0 unspecified atom stereocenters. The van der Waals surface area contributed by atoms with Crippen molar-refractivity contribution in [2.75, 3.05) is 31.1 Å². The van der Waals surface area contributed by atoms with Crippen molar-refractivity contribution in [2.45, 2.75) is 31.7 Å². The van der Waals surface area contributed by atoms with E-state index in [1.807, 2.05) is 18.2 Å². The quantitative estimate of drug-likeness (QED) is 0.900. The van der Waals surface area contributed by atoms with Gasteiger partial charge < -0.3 is 4.90 Å². The molecule has 2 aliphatic heterocycles. The van der Waals surface area contributed by atoms with Crippen LogP contribution in [0.5, 0.6) is 0 Å². The summed E-state index contributed by atoms with van der Waals surface area (Å²) < 4.78 is 29.1. The second-order valence-electron chi connectivity index (χ2n) is 5.70. The van der Waals surface area contributed by atoms with Crippen LogP contribution in [0.15, 0.2) is 24.4 Å². The molecule has 3 rings (SSSR count). The van der Waals surface area contributed by atoms with Crippen molar-refractivity contribution in [3.8, 4) is 0 Å². The molecule has 2 aliphatic rings. The van der Waals surface area contributed by atoms with E-state index in [4.69, 9.17) is 0 Å². The molecule has 1 N–H and O–H groups in total. The van der Waals surface area contributed by atoms with Gasteiger partial charge in [0.2, 0.25) is 0 Å². The molecule has 0 bridgehead atoms. The monoisotopic (exact) mass is 310 g/mol. The lowest BCUT2D eigenvalue weighted by Crippen LogP contribution is -2.51. The maximum atomic E-state index is 12.3. The number of hydrogen-bond donors (Lipinski definition) is 1. The van der Waals surface area contributed by atoms with Crippen LogP contribution in [0.1, 0.15) is 25.7 Å². The van der Waals surface area contributed by atoms with Gasteiger partial charge in [0.05, 0.1) is 0 Å². The first kappa shape index (κ1) is 14.7. The fourth-order valence-corrected chi connectivity index (χ4v) is 4.54. The van der Waals surface area contributed by atoms with Crippen LogP contribution in [0.25, 0.3) is 0 Å². The van der Waals surface area contributed by atoms with Crippen molar-refractivity contribution in [2.24, 2.45) is 0 Å². The van der Waals surface area contributed by atoms with Crippen LogP contribution >= 0.6 is 0 Å². The maximum absolute atomic E-state index is 12.3.